The highest BCUT2D eigenvalue weighted by molar-refractivity contribution is 6.32. The fraction of sp³-hybridized carbons (Fsp3) is 0.462. The van der Waals surface area contributed by atoms with Crippen molar-refractivity contribution in [1.82, 2.24) is 0 Å². The maximum absolute atomic E-state index is 12.7. The number of ketones is 1. The SMILES string of the molecule is Cc1c(OCCCCOc2ccc(OC=O)c(Cl)c2)ccc(C(=O)CC2CCCC2)c1C. The van der Waals surface area contributed by atoms with Gasteiger partial charge in [0.25, 0.3) is 6.47 Å². The Hall–Kier alpha value is -2.53. The van der Waals surface area contributed by atoms with Crippen molar-refractivity contribution in [3.8, 4) is 17.2 Å². The molecule has 172 valence electrons. The molecule has 0 bridgehead atoms. The molecule has 32 heavy (non-hydrogen) atoms. The minimum absolute atomic E-state index is 0.257. The van der Waals surface area contributed by atoms with E-state index < -0.39 is 0 Å². The third-order valence-electron chi connectivity index (χ3n) is 6.13. The van der Waals surface area contributed by atoms with E-state index in [9.17, 15) is 9.59 Å². The standard InChI is InChI=1S/C26H31ClO5/c1-18-19(2)25(12-10-22(18)24(29)15-20-7-3-4-8-20)31-14-6-5-13-30-21-9-11-26(32-17-28)23(27)16-21/h9-12,16-17,20H,3-8,13-15H2,1-2H3. The van der Waals surface area contributed by atoms with Crippen LogP contribution in [-0.4, -0.2) is 25.5 Å². The van der Waals surface area contributed by atoms with Crippen molar-refractivity contribution in [2.24, 2.45) is 5.92 Å². The highest BCUT2D eigenvalue weighted by atomic mass is 35.5. The van der Waals surface area contributed by atoms with Crippen LogP contribution < -0.4 is 14.2 Å². The molecule has 2 aromatic carbocycles. The number of benzene rings is 2. The largest absolute Gasteiger partial charge is 0.494 e. The predicted octanol–water partition coefficient (Wildman–Crippen LogP) is 6.49. The molecule has 1 aliphatic rings. The van der Waals surface area contributed by atoms with E-state index in [2.05, 4.69) is 0 Å². The van der Waals surface area contributed by atoms with Crippen LogP contribution in [0.1, 0.15) is 66.4 Å². The van der Waals surface area contributed by atoms with Crippen LogP contribution in [0.5, 0.6) is 17.2 Å². The smallest absolute Gasteiger partial charge is 0.298 e. The summed E-state index contributed by atoms with van der Waals surface area (Å²) < 4.78 is 16.4. The molecule has 0 radical (unpaired) electrons. The normalized spacial score (nSPS) is 13.7. The number of carbonyl (C=O) groups excluding carboxylic acids is 2. The molecule has 0 amide bonds. The maximum atomic E-state index is 12.7. The molecule has 1 fully saturated rings. The van der Waals surface area contributed by atoms with Crippen LogP contribution in [0.2, 0.25) is 5.02 Å². The van der Waals surface area contributed by atoms with Crippen molar-refractivity contribution in [2.45, 2.75) is 58.8 Å². The summed E-state index contributed by atoms with van der Waals surface area (Å²) in [7, 11) is 0. The third kappa shape index (κ3) is 6.49. The fourth-order valence-electron chi connectivity index (χ4n) is 4.14. The number of hydrogen-bond acceptors (Lipinski definition) is 5. The van der Waals surface area contributed by atoms with E-state index in [-0.39, 0.29) is 5.78 Å². The molecule has 6 heteroatoms. The van der Waals surface area contributed by atoms with Gasteiger partial charge in [0.2, 0.25) is 0 Å². The topological polar surface area (TPSA) is 61.8 Å². The van der Waals surface area contributed by atoms with Crippen molar-refractivity contribution < 1.29 is 23.8 Å². The average molecular weight is 459 g/mol. The number of carbonyl (C=O) groups is 2. The van der Waals surface area contributed by atoms with Gasteiger partial charge in [-0.3, -0.25) is 9.59 Å². The van der Waals surface area contributed by atoms with E-state index in [0.717, 1.165) is 35.3 Å². The summed E-state index contributed by atoms with van der Waals surface area (Å²) in [5, 5.41) is 0.328. The zero-order valence-corrected chi connectivity index (χ0v) is 19.6. The summed E-state index contributed by atoms with van der Waals surface area (Å²) in [6.45, 7) is 5.47. The first-order valence-corrected chi connectivity index (χ1v) is 11.7. The maximum Gasteiger partial charge on any atom is 0.298 e. The predicted molar refractivity (Wildman–Crippen MR) is 125 cm³/mol. The molecule has 0 spiro atoms. The van der Waals surface area contributed by atoms with Gasteiger partial charge >= 0.3 is 0 Å². The van der Waals surface area contributed by atoms with E-state index in [1.165, 1.54) is 25.7 Å². The highest BCUT2D eigenvalue weighted by Crippen LogP contribution is 2.31. The van der Waals surface area contributed by atoms with Crippen molar-refractivity contribution in [2.75, 3.05) is 13.2 Å². The lowest BCUT2D eigenvalue weighted by molar-refractivity contribution is -0.120. The number of Topliss-reactive ketones (excluding diaryl/α,β-unsaturated/α-hetero) is 1. The molecule has 2 aromatic rings. The lowest BCUT2D eigenvalue weighted by Gasteiger charge is -2.15. The van der Waals surface area contributed by atoms with Crippen molar-refractivity contribution >= 4 is 23.9 Å². The van der Waals surface area contributed by atoms with Gasteiger partial charge in [-0.2, -0.15) is 0 Å². The van der Waals surface area contributed by atoms with Crippen LogP contribution in [0, 0.1) is 19.8 Å². The third-order valence-corrected chi connectivity index (χ3v) is 6.43. The van der Waals surface area contributed by atoms with Crippen molar-refractivity contribution in [3.05, 3.63) is 52.0 Å². The summed E-state index contributed by atoms with van der Waals surface area (Å²) in [6.07, 6.45) is 7.19. The van der Waals surface area contributed by atoms with Gasteiger partial charge in [-0.05, 0) is 68.0 Å². The summed E-state index contributed by atoms with van der Waals surface area (Å²) in [4.78, 5) is 23.1. The van der Waals surface area contributed by atoms with Gasteiger partial charge in [0.15, 0.2) is 5.78 Å². The Kier molecular flexibility index (Phi) is 8.98. The van der Waals surface area contributed by atoms with E-state index >= 15 is 0 Å². The van der Waals surface area contributed by atoms with Gasteiger partial charge in [0.1, 0.15) is 17.2 Å². The first kappa shape index (κ1) is 24.1. The van der Waals surface area contributed by atoms with Crippen LogP contribution in [0.3, 0.4) is 0 Å². The average Bonchev–Trinajstić information content (AvgIpc) is 3.28. The van der Waals surface area contributed by atoms with E-state index in [0.29, 0.717) is 48.5 Å². The first-order chi connectivity index (χ1) is 15.5. The molecule has 0 heterocycles. The molecule has 0 aromatic heterocycles. The second-order valence-electron chi connectivity index (χ2n) is 8.35. The minimum Gasteiger partial charge on any atom is -0.494 e. The number of halogens is 1. The Morgan fingerprint density at radius 1 is 1.00 bits per heavy atom. The van der Waals surface area contributed by atoms with Crippen molar-refractivity contribution in [1.29, 1.82) is 0 Å². The van der Waals surface area contributed by atoms with E-state index in [4.69, 9.17) is 25.8 Å². The Bertz CT molecular complexity index is 934. The molecule has 3 rings (SSSR count). The number of hydrogen-bond donors (Lipinski definition) is 0. The summed E-state index contributed by atoms with van der Waals surface area (Å²) >= 11 is 6.03. The fourth-order valence-corrected chi connectivity index (χ4v) is 4.35. The number of ether oxygens (including phenoxy) is 3. The van der Waals surface area contributed by atoms with Crippen LogP contribution >= 0.6 is 11.6 Å². The summed E-state index contributed by atoms with van der Waals surface area (Å²) in [5.74, 6) is 2.57. The number of rotatable bonds is 12. The van der Waals surface area contributed by atoms with Gasteiger partial charge in [0.05, 0.1) is 18.2 Å². The monoisotopic (exact) mass is 458 g/mol. The van der Waals surface area contributed by atoms with E-state index in [1.807, 2.05) is 26.0 Å². The van der Waals surface area contributed by atoms with Gasteiger partial charge in [-0.15, -0.1) is 0 Å². The molecule has 1 saturated carbocycles. The molecule has 0 N–H and O–H groups in total. The molecule has 0 unspecified atom stereocenters. The zero-order chi connectivity index (χ0) is 22.9. The second kappa shape index (κ2) is 11.9. The Morgan fingerprint density at radius 3 is 2.38 bits per heavy atom. The van der Waals surface area contributed by atoms with E-state index in [1.54, 1.807) is 18.2 Å². The Morgan fingerprint density at radius 2 is 1.69 bits per heavy atom. The summed E-state index contributed by atoms with van der Waals surface area (Å²) in [5.41, 5.74) is 2.89. The van der Waals surface area contributed by atoms with Crippen LogP contribution in [0.4, 0.5) is 0 Å². The molecular weight excluding hydrogens is 428 g/mol. The van der Waals surface area contributed by atoms with Crippen LogP contribution in [0.15, 0.2) is 30.3 Å². The van der Waals surface area contributed by atoms with Gasteiger partial charge in [0, 0.05) is 18.1 Å². The molecule has 0 saturated heterocycles. The number of unbranched alkanes of at least 4 members (excludes halogenated alkanes) is 1. The first-order valence-electron chi connectivity index (χ1n) is 11.3. The van der Waals surface area contributed by atoms with Crippen LogP contribution in [-0.2, 0) is 4.79 Å². The Balaban J connectivity index is 1.42. The lowest BCUT2D eigenvalue weighted by Crippen LogP contribution is -2.09. The second-order valence-corrected chi connectivity index (χ2v) is 8.76. The molecule has 0 aliphatic heterocycles. The molecular formula is C26H31ClO5. The quantitative estimate of drug-likeness (QED) is 0.206. The van der Waals surface area contributed by atoms with Gasteiger partial charge < -0.3 is 14.2 Å². The van der Waals surface area contributed by atoms with Gasteiger partial charge in [-0.25, -0.2) is 0 Å². The minimum atomic E-state index is 0.257. The summed E-state index contributed by atoms with van der Waals surface area (Å²) in [6, 6.07) is 8.77. The zero-order valence-electron chi connectivity index (χ0n) is 18.8. The molecule has 5 nitrogen and oxygen atoms in total. The molecule has 0 atom stereocenters. The Labute approximate surface area is 195 Å². The molecule has 1 aliphatic carbocycles. The van der Waals surface area contributed by atoms with Gasteiger partial charge in [-0.1, -0.05) is 37.3 Å². The van der Waals surface area contributed by atoms with Crippen LogP contribution in [0.25, 0.3) is 0 Å². The van der Waals surface area contributed by atoms with Crippen molar-refractivity contribution in [3.63, 3.8) is 0 Å². The lowest BCUT2D eigenvalue weighted by atomic mass is 9.92. The highest BCUT2D eigenvalue weighted by Gasteiger charge is 2.21.